The molecular formula is C21H25N3O5. The van der Waals surface area contributed by atoms with Gasteiger partial charge >= 0.3 is 0 Å². The van der Waals surface area contributed by atoms with Crippen LogP contribution < -0.4 is 0 Å². The lowest BCUT2D eigenvalue weighted by Gasteiger charge is -2.60. The second-order valence-electron chi connectivity index (χ2n) is 9.39. The Bertz CT molecular complexity index is 927. The van der Waals surface area contributed by atoms with Crippen LogP contribution in [0.15, 0.2) is 22.5 Å². The lowest BCUT2D eigenvalue weighted by Crippen LogP contribution is -2.76. The third-order valence-electron chi connectivity index (χ3n) is 8.56. The van der Waals surface area contributed by atoms with E-state index in [9.17, 15) is 9.59 Å². The zero-order valence-electron chi connectivity index (χ0n) is 16.8. The van der Waals surface area contributed by atoms with Crippen LogP contribution in [0.1, 0.15) is 13.3 Å². The first-order valence-electron chi connectivity index (χ1n) is 10.6. The van der Waals surface area contributed by atoms with Gasteiger partial charge in [0.2, 0.25) is 5.78 Å². The Morgan fingerprint density at radius 2 is 1.90 bits per heavy atom. The number of fused-ring (bicyclic) bond motifs is 7. The molecule has 29 heavy (non-hydrogen) atoms. The number of ether oxygens (including phenoxy) is 3. The predicted molar refractivity (Wildman–Crippen MR) is 99.6 cm³/mol. The van der Waals surface area contributed by atoms with Gasteiger partial charge in [0, 0.05) is 41.3 Å². The predicted octanol–water partition coefficient (Wildman–Crippen LogP) is -0.493. The maximum atomic E-state index is 13.6. The number of carbonyl (C=O) groups is 2. The SMILES string of the molecule is COC1=C(C)C(=O)C2=C(C1=O)C1CO[C@@H]3C4CC5[C@H]([C@H]([C@@H]2N2CCO[C@H]52)N13)N4C. The topological polar surface area (TPSA) is 71.5 Å². The van der Waals surface area contributed by atoms with E-state index in [2.05, 4.69) is 21.7 Å². The van der Waals surface area contributed by atoms with Crippen molar-refractivity contribution in [3.05, 3.63) is 22.5 Å². The van der Waals surface area contributed by atoms with Crippen LogP contribution in [0.2, 0.25) is 0 Å². The number of hydrogen-bond donors (Lipinski definition) is 0. The highest BCUT2D eigenvalue weighted by molar-refractivity contribution is 6.25. The van der Waals surface area contributed by atoms with Gasteiger partial charge in [0.1, 0.15) is 12.5 Å². The fourth-order valence-corrected chi connectivity index (χ4v) is 7.60. The number of Topliss-reactive ketones (excluding diaryl/α,β-unsaturated/α-hetero) is 2. The van der Waals surface area contributed by atoms with Crippen LogP contribution in [0.25, 0.3) is 0 Å². The molecule has 0 amide bonds. The Morgan fingerprint density at radius 1 is 1.07 bits per heavy atom. The Hall–Kier alpha value is -1.58. The molecule has 5 fully saturated rings. The minimum absolute atomic E-state index is 0.00929. The van der Waals surface area contributed by atoms with E-state index in [0.717, 1.165) is 13.0 Å². The van der Waals surface area contributed by atoms with Crippen molar-refractivity contribution in [3.8, 4) is 0 Å². The van der Waals surface area contributed by atoms with E-state index in [1.54, 1.807) is 6.92 Å². The summed E-state index contributed by atoms with van der Waals surface area (Å²) in [6.07, 6.45) is 1.01. The van der Waals surface area contributed by atoms with Gasteiger partial charge < -0.3 is 14.2 Å². The fourth-order valence-electron chi connectivity index (χ4n) is 7.60. The standard InChI is InChI=1S/C21H25N3O5/c1-8-17(25)13-12(18(26)19(8)27-3)11-7-29-21-10-6-9-14(22(10)2)16(24(11)21)15(13)23-4-5-28-20(9)23/h9-11,14-16,20-21H,4-7H2,1-3H3/t9?,10?,11?,14-,15-,16-,20-,21-/m1/s1. The van der Waals surface area contributed by atoms with Gasteiger partial charge in [0.25, 0.3) is 0 Å². The lowest BCUT2D eigenvalue weighted by molar-refractivity contribution is -0.157. The van der Waals surface area contributed by atoms with Crippen molar-refractivity contribution < 1.29 is 23.8 Å². The highest BCUT2D eigenvalue weighted by atomic mass is 16.5. The first-order chi connectivity index (χ1) is 14.0. The van der Waals surface area contributed by atoms with Crippen molar-refractivity contribution in [2.45, 2.75) is 56.0 Å². The summed E-state index contributed by atoms with van der Waals surface area (Å²) in [6.45, 7) is 3.65. The number of rotatable bonds is 1. The van der Waals surface area contributed by atoms with E-state index in [1.807, 2.05) is 0 Å². The second kappa shape index (κ2) is 5.36. The fraction of sp³-hybridized carbons (Fsp3) is 0.714. The van der Waals surface area contributed by atoms with E-state index in [4.69, 9.17) is 14.2 Å². The number of piperazine rings is 1. The van der Waals surface area contributed by atoms with Crippen LogP contribution in [0.4, 0.5) is 0 Å². The molecule has 2 bridgehead atoms. The van der Waals surface area contributed by atoms with E-state index in [1.165, 1.54) is 7.11 Å². The summed E-state index contributed by atoms with van der Waals surface area (Å²) < 4.78 is 17.9. The molecule has 0 aromatic heterocycles. The molecule has 0 radical (unpaired) electrons. The number of piperidine rings is 1. The number of nitrogens with zero attached hydrogens (tertiary/aromatic N) is 3. The molecule has 7 rings (SSSR count). The van der Waals surface area contributed by atoms with Crippen molar-refractivity contribution in [1.82, 2.24) is 14.7 Å². The molecule has 0 N–H and O–H groups in total. The highest BCUT2D eigenvalue weighted by Gasteiger charge is 2.70. The summed E-state index contributed by atoms with van der Waals surface area (Å²) in [4.78, 5) is 34.4. The van der Waals surface area contributed by atoms with Crippen LogP contribution >= 0.6 is 0 Å². The van der Waals surface area contributed by atoms with Crippen molar-refractivity contribution in [2.75, 3.05) is 33.9 Å². The van der Waals surface area contributed by atoms with Crippen LogP contribution in [-0.2, 0) is 23.8 Å². The van der Waals surface area contributed by atoms with Crippen molar-refractivity contribution in [2.24, 2.45) is 5.92 Å². The van der Waals surface area contributed by atoms with Gasteiger partial charge in [-0.15, -0.1) is 0 Å². The second-order valence-corrected chi connectivity index (χ2v) is 9.39. The zero-order valence-corrected chi connectivity index (χ0v) is 16.8. The van der Waals surface area contributed by atoms with Crippen LogP contribution in [0.5, 0.6) is 0 Å². The minimum atomic E-state index is -0.163. The Labute approximate surface area is 169 Å². The average molecular weight is 399 g/mol. The van der Waals surface area contributed by atoms with Gasteiger partial charge in [0.15, 0.2) is 11.5 Å². The van der Waals surface area contributed by atoms with Gasteiger partial charge in [-0.25, -0.2) is 0 Å². The molecule has 8 atom stereocenters. The molecule has 6 heterocycles. The summed E-state index contributed by atoms with van der Waals surface area (Å²) in [6, 6.07) is 0.460. The molecule has 8 heteroatoms. The maximum Gasteiger partial charge on any atom is 0.226 e. The summed E-state index contributed by atoms with van der Waals surface area (Å²) in [5.41, 5.74) is 1.71. The maximum absolute atomic E-state index is 13.6. The molecule has 7 aliphatic rings. The number of methoxy groups -OCH3 is 1. The summed E-state index contributed by atoms with van der Waals surface area (Å²) in [7, 11) is 3.66. The van der Waals surface area contributed by atoms with E-state index in [-0.39, 0.29) is 47.9 Å². The van der Waals surface area contributed by atoms with Gasteiger partial charge in [-0.3, -0.25) is 24.3 Å². The molecule has 8 nitrogen and oxygen atoms in total. The Morgan fingerprint density at radius 3 is 2.69 bits per heavy atom. The van der Waals surface area contributed by atoms with E-state index < -0.39 is 0 Å². The summed E-state index contributed by atoms with van der Waals surface area (Å²) in [5, 5.41) is 0. The largest absolute Gasteiger partial charge is 0.492 e. The zero-order chi connectivity index (χ0) is 19.8. The smallest absolute Gasteiger partial charge is 0.226 e. The van der Waals surface area contributed by atoms with E-state index in [0.29, 0.717) is 47.9 Å². The Balaban J connectivity index is 1.49. The molecule has 0 saturated carbocycles. The quantitative estimate of drug-likeness (QED) is 0.547. The normalized spacial score (nSPS) is 48.5. The van der Waals surface area contributed by atoms with E-state index >= 15 is 0 Å². The molecule has 154 valence electrons. The summed E-state index contributed by atoms with van der Waals surface area (Å²) >= 11 is 0. The third kappa shape index (κ3) is 1.73. The van der Waals surface area contributed by atoms with Gasteiger partial charge in [-0.2, -0.15) is 0 Å². The number of carbonyl (C=O) groups excluding carboxylic acids is 2. The van der Waals surface area contributed by atoms with Crippen molar-refractivity contribution in [1.29, 1.82) is 0 Å². The molecule has 0 aromatic rings. The lowest BCUT2D eigenvalue weighted by atomic mass is 9.70. The molecule has 1 aliphatic carbocycles. The monoisotopic (exact) mass is 399 g/mol. The average Bonchev–Trinajstić information content (AvgIpc) is 3.40. The first-order valence-corrected chi connectivity index (χ1v) is 10.6. The van der Waals surface area contributed by atoms with Crippen LogP contribution in [0, 0.1) is 5.92 Å². The molecule has 3 unspecified atom stereocenters. The molecule has 5 saturated heterocycles. The van der Waals surface area contributed by atoms with Crippen molar-refractivity contribution >= 4 is 11.6 Å². The molecule has 0 spiro atoms. The van der Waals surface area contributed by atoms with Crippen molar-refractivity contribution in [3.63, 3.8) is 0 Å². The molecular weight excluding hydrogens is 374 g/mol. The summed E-state index contributed by atoms with van der Waals surface area (Å²) in [5.74, 6) is 0.413. The van der Waals surface area contributed by atoms with Gasteiger partial charge in [-0.1, -0.05) is 0 Å². The number of allylic oxidation sites excluding steroid dienone is 2. The number of hydrogen-bond acceptors (Lipinski definition) is 8. The first kappa shape index (κ1) is 17.1. The Kier molecular flexibility index (Phi) is 3.17. The molecule has 0 aromatic carbocycles. The highest BCUT2D eigenvalue weighted by Crippen LogP contribution is 2.56. The number of likely N-dealkylation sites (N-methyl/N-ethyl adjacent to an activating group) is 1. The third-order valence-corrected chi connectivity index (χ3v) is 8.56. The van der Waals surface area contributed by atoms with Crippen LogP contribution in [-0.4, -0.2) is 103 Å². The van der Waals surface area contributed by atoms with Gasteiger partial charge in [0.05, 0.1) is 38.4 Å². The number of ketones is 2. The van der Waals surface area contributed by atoms with Gasteiger partial charge in [-0.05, 0) is 20.4 Å². The molecule has 6 aliphatic heterocycles. The van der Waals surface area contributed by atoms with Crippen LogP contribution in [0.3, 0.4) is 0 Å². The minimum Gasteiger partial charge on any atom is -0.492 e.